The second kappa shape index (κ2) is 5.59. The van der Waals surface area contributed by atoms with Gasteiger partial charge in [0.05, 0.1) is 19.1 Å². The minimum Gasteiger partial charge on any atom is -0.284 e. The lowest BCUT2D eigenvalue weighted by molar-refractivity contribution is 0.352. The predicted molar refractivity (Wildman–Crippen MR) is 52.9 cm³/mol. The van der Waals surface area contributed by atoms with Gasteiger partial charge in [0.25, 0.3) is 0 Å². The molecule has 0 saturated carbocycles. The Bertz CT molecular complexity index is 217. The Morgan fingerprint density at radius 1 is 1.46 bits per heavy atom. The van der Waals surface area contributed by atoms with Crippen molar-refractivity contribution < 1.29 is 4.39 Å². The molecule has 0 amide bonds. The van der Waals surface area contributed by atoms with Gasteiger partial charge < -0.3 is 0 Å². The molecular weight excluding hydrogens is 169 g/mol. The average molecular weight is 183 g/mol. The molecule has 0 unspecified atom stereocenters. The highest BCUT2D eigenvalue weighted by atomic mass is 19.1. The first-order valence-corrected chi connectivity index (χ1v) is 4.36. The van der Waals surface area contributed by atoms with E-state index in [1.165, 1.54) is 19.1 Å². The molecule has 1 aliphatic rings. The maximum atomic E-state index is 12.6. The number of likely N-dealkylation sites (tertiary alicyclic amines) is 1. The van der Waals surface area contributed by atoms with E-state index in [9.17, 15) is 4.39 Å². The number of nitrogens with zero attached hydrogens (tertiary/aromatic N) is 3. The molecule has 0 aliphatic carbocycles. The third-order valence-corrected chi connectivity index (χ3v) is 1.91. The number of halogens is 1. The predicted octanol–water partition coefficient (Wildman–Crippen LogP) is 1.62. The van der Waals surface area contributed by atoms with Gasteiger partial charge in [0.2, 0.25) is 0 Å². The molecule has 1 saturated heterocycles. The SMILES string of the molecule is C=N/C=C(F)\C=N/CN1CCCC1. The van der Waals surface area contributed by atoms with Crippen molar-refractivity contribution in [1.29, 1.82) is 0 Å². The van der Waals surface area contributed by atoms with Gasteiger partial charge in [-0.1, -0.05) is 0 Å². The van der Waals surface area contributed by atoms with E-state index < -0.39 is 5.83 Å². The third kappa shape index (κ3) is 3.94. The van der Waals surface area contributed by atoms with Crippen LogP contribution in [0, 0.1) is 0 Å². The fourth-order valence-corrected chi connectivity index (χ4v) is 1.29. The molecule has 0 aromatic heterocycles. The van der Waals surface area contributed by atoms with E-state index in [4.69, 9.17) is 0 Å². The van der Waals surface area contributed by atoms with Crippen molar-refractivity contribution in [2.24, 2.45) is 9.98 Å². The second-order valence-electron chi connectivity index (χ2n) is 2.97. The van der Waals surface area contributed by atoms with Crippen LogP contribution in [-0.4, -0.2) is 37.6 Å². The molecule has 4 heteroatoms. The summed E-state index contributed by atoms with van der Waals surface area (Å²) in [6, 6.07) is 0. The van der Waals surface area contributed by atoms with E-state index in [0.29, 0.717) is 6.67 Å². The Balaban J connectivity index is 2.23. The summed E-state index contributed by atoms with van der Waals surface area (Å²) in [7, 11) is 0. The highest BCUT2D eigenvalue weighted by Gasteiger charge is 2.09. The van der Waals surface area contributed by atoms with Crippen LogP contribution in [0.25, 0.3) is 0 Å². The first kappa shape index (κ1) is 10.1. The van der Waals surface area contributed by atoms with E-state index in [2.05, 4.69) is 21.6 Å². The van der Waals surface area contributed by atoms with E-state index in [1.54, 1.807) is 0 Å². The molecule has 0 aromatic rings. The molecule has 3 nitrogen and oxygen atoms in total. The van der Waals surface area contributed by atoms with Crippen molar-refractivity contribution in [2.45, 2.75) is 12.8 Å². The molecule has 1 rings (SSSR count). The van der Waals surface area contributed by atoms with Crippen LogP contribution in [0.3, 0.4) is 0 Å². The summed E-state index contributed by atoms with van der Waals surface area (Å²) < 4.78 is 12.6. The number of aliphatic imine (C=N–C) groups is 2. The minimum atomic E-state index is -0.450. The third-order valence-electron chi connectivity index (χ3n) is 1.91. The van der Waals surface area contributed by atoms with E-state index >= 15 is 0 Å². The number of rotatable bonds is 4. The standard InChI is InChI=1S/C9H14FN3/c1-11-6-9(10)7-12-8-13-4-2-3-5-13/h6-7H,1-5,8H2/b9-6+,12-7-. The smallest absolute Gasteiger partial charge is 0.159 e. The van der Waals surface area contributed by atoms with Crippen LogP contribution < -0.4 is 0 Å². The summed E-state index contributed by atoms with van der Waals surface area (Å²) in [5.74, 6) is -0.450. The second-order valence-corrected chi connectivity index (χ2v) is 2.97. The Kier molecular flexibility index (Phi) is 4.32. The summed E-state index contributed by atoms with van der Waals surface area (Å²) in [5.41, 5.74) is 0. The van der Waals surface area contributed by atoms with E-state index in [0.717, 1.165) is 19.3 Å². The van der Waals surface area contributed by atoms with E-state index in [1.807, 2.05) is 0 Å². The fourth-order valence-electron chi connectivity index (χ4n) is 1.29. The summed E-state index contributed by atoms with van der Waals surface area (Å²) >= 11 is 0. The largest absolute Gasteiger partial charge is 0.284 e. The van der Waals surface area contributed by atoms with Gasteiger partial charge in [-0.25, -0.2) is 4.39 Å². The number of allylic oxidation sites excluding steroid dienone is 1. The Morgan fingerprint density at radius 3 is 2.77 bits per heavy atom. The normalized spacial score (nSPS) is 19.9. The molecule has 0 radical (unpaired) electrons. The zero-order valence-electron chi connectivity index (χ0n) is 7.62. The molecule has 0 spiro atoms. The molecule has 1 aliphatic heterocycles. The summed E-state index contributed by atoms with van der Waals surface area (Å²) in [5, 5.41) is 0. The zero-order chi connectivity index (χ0) is 9.52. The van der Waals surface area contributed by atoms with Gasteiger partial charge >= 0.3 is 0 Å². The van der Waals surface area contributed by atoms with Crippen LogP contribution in [0.15, 0.2) is 22.0 Å². The van der Waals surface area contributed by atoms with Crippen LogP contribution in [0.4, 0.5) is 4.39 Å². The Hall–Kier alpha value is -1.03. The molecule has 72 valence electrons. The Morgan fingerprint density at radius 2 is 2.15 bits per heavy atom. The van der Waals surface area contributed by atoms with Gasteiger partial charge in [-0.3, -0.25) is 14.9 Å². The monoisotopic (exact) mass is 183 g/mol. The number of hydrogen-bond acceptors (Lipinski definition) is 3. The van der Waals surface area contributed by atoms with Gasteiger partial charge in [-0.05, 0) is 32.6 Å². The lowest BCUT2D eigenvalue weighted by Gasteiger charge is -2.09. The molecule has 0 atom stereocenters. The molecule has 13 heavy (non-hydrogen) atoms. The molecule has 0 aromatic carbocycles. The molecule has 0 bridgehead atoms. The molecule has 1 heterocycles. The first-order chi connectivity index (χ1) is 6.33. The highest BCUT2D eigenvalue weighted by Crippen LogP contribution is 2.06. The summed E-state index contributed by atoms with van der Waals surface area (Å²) in [6.45, 7) is 5.87. The summed E-state index contributed by atoms with van der Waals surface area (Å²) in [6.07, 6.45) is 4.69. The maximum Gasteiger partial charge on any atom is 0.159 e. The lowest BCUT2D eigenvalue weighted by Crippen LogP contribution is -2.18. The highest BCUT2D eigenvalue weighted by molar-refractivity contribution is 5.75. The van der Waals surface area contributed by atoms with Crippen molar-refractivity contribution in [3.8, 4) is 0 Å². The fraction of sp³-hybridized carbons (Fsp3) is 0.556. The maximum absolute atomic E-state index is 12.6. The van der Waals surface area contributed by atoms with Crippen molar-refractivity contribution in [3.05, 3.63) is 12.0 Å². The van der Waals surface area contributed by atoms with Crippen LogP contribution >= 0.6 is 0 Å². The van der Waals surface area contributed by atoms with Crippen molar-refractivity contribution in [3.63, 3.8) is 0 Å². The Labute approximate surface area is 77.7 Å². The summed E-state index contributed by atoms with van der Waals surface area (Å²) in [4.78, 5) is 9.42. The van der Waals surface area contributed by atoms with Crippen LogP contribution in [0.2, 0.25) is 0 Å². The van der Waals surface area contributed by atoms with Gasteiger partial charge in [-0.15, -0.1) is 0 Å². The van der Waals surface area contributed by atoms with Gasteiger partial charge in [0, 0.05) is 0 Å². The van der Waals surface area contributed by atoms with Crippen LogP contribution in [0.5, 0.6) is 0 Å². The van der Waals surface area contributed by atoms with Crippen molar-refractivity contribution in [1.82, 2.24) is 4.90 Å². The van der Waals surface area contributed by atoms with Crippen molar-refractivity contribution >= 4 is 12.9 Å². The molecule has 0 N–H and O–H groups in total. The van der Waals surface area contributed by atoms with Gasteiger partial charge in [0.15, 0.2) is 5.83 Å². The van der Waals surface area contributed by atoms with Gasteiger partial charge in [-0.2, -0.15) is 0 Å². The first-order valence-electron chi connectivity index (χ1n) is 4.36. The minimum absolute atomic E-state index is 0.450. The average Bonchev–Trinajstić information content (AvgIpc) is 2.57. The topological polar surface area (TPSA) is 28.0 Å². The van der Waals surface area contributed by atoms with Crippen LogP contribution in [-0.2, 0) is 0 Å². The van der Waals surface area contributed by atoms with E-state index in [-0.39, 0.29) is 0 Å². The molecule has 1 fully saturated rings. The van der Waals surface area contributed by atoms with Crippen molar-refractivity contribution in [2.75, 3.05) is 19.8 Å². The molecular formula is C9H14FN3. The lowest BCUT2D eigenvalue weighted by atomic mass is 10.4. The zero-order valence-corrected chi connectivity index (χ0v) is 7.62. The van der Waals surface area contributed by atoms with Crippen LogP contribution in [0.1, 0.15) is 12.8 Å². The quantitative estimate of drug-likeness (QED) is 0.609. The number of hydrogen-bond donors (Lipinski definition) is 0. The van der Waals surface area contributed by atoms with Gasteiger partial charge in [0.1, 0.15) is 0 Å².